The second kappa shape index (κ2) is 7.12. The summed E-state index contributed by atoms with van der Waals surface area (Å²) < 4.78 is 52.3. The number of benzene rings is 2. The molecule has 0 radical (unpaired) electrons. The summed E-state index contributed by atoms with van der Waals surface area (Å²) in [5, 5.41) is 12.3. The summed E-state index contributed by atoms with van der Waals surface area (Å²) in [7, 11) is 0. The number of para-hydroxylation sites is 1. The van der Waals surface area contributed by atoms with Gasteiger partial charge in [-0.1, -0.05) is 24.3 Å². The number of carboxylic acids is 1. The molecule has 9 heteroatoms. The molecule has 0 amide bonds. The lowest BCUT2D eigenvalue weighted by Crippen LogP contribution is -2.26. The number of nitrogens with zero attached hydrogens (tertiary/aromatic N) is 1. The first-order valence-corrected chi connectivity index (χ1v) is 6.74. The van der Waals surface area contributed by atoms with Crippen LogP contribution in [0.15, 0.2) is 53.6 Å². The van der Waals surface area contributed by atoms with E-state index in [1.807, 2.05) is 5.43 Å². The lowest BCUT2D eigenvalue weighted by atomic mass is 10.1. The minimum atomic E-state index is -4.71. The van der Waals surface area contributed by atoms with Crippen molar-refractivity contribution in [3.05, 3.63) is 65.5 Å². The average molecular weight is 354 g/mol. The van der Waals surface area contributed by atoms with Gasteiger partial charge >= 0.3 is 12.1 Å². The highest BCUT2D eigenvalue weighted by atomic mass is 19.4. The lowest BCUT2D eigenvalue weighted by Gasteiger charge is -2.12. The zero-order valence-electron chi connectivity index (χ0n) is 12.3. The van der Waals surface area contributed by atoms with Crippen LogP contribution < -0.4 is 5.43 Å². The van der Waals surface area contributed by atoms with E-state index in [-0.39, 0.29) is 0 Å². The molecule has 0 saturated carbocycles. The number of halogens is 4. The van der Waals surface area contributed by atoms with Gasteiger partial charge in [0.1, 0.15) is 5.82 Å². The van der Waals surface area contributed by atoms with Crippen LogP contribution in [-0.2, 0) is 11.0 Å². The fraction of sp³-hybridized carbons (Fsp3) is 0.0625. The van der Waals surface area contributed by atoms with E-state index < -0.39 is 46.3 Å². The molecule has 2 rings (SSSR count). The zero-order chi connectivity index (χ0) is 18.6. The van der Waals surface area contributed by atoms with Gasteiger partial charge in [0.2, 0.25) is 11.5 Å². The van der Waals surface area contributed by atoms with Crippen molar-refractivity contribution in [2.45, 2.75) is 6.18 Å². The molecule has 2 aromatic rings. The molecule has 0 atom stereocenters. The van der Waals surface area contributed by atoms with E-state index in [1.54, 1.807) is 0 Å². The van der Waals surface area contributed by atoms with Crippen LogP contribution in [0.4, 0.5) is 23.2 Å². The minimum absolute atomic E-state index is 0.546. The predicted molar refractivity (Wildman–Crippen MR) is 80.9 cm³/mol. The van der Waals surface area contributed by atoms with Crippen molar-refractivity contribution in [3.8, 4) is 0 Å². The smallest absolute Gasteiger partial charge is 0.418 e. The minimum Gasteiger partial charge on any atom is -0.476 e. The van der Waals surface area contributed by atoms with Gasteiger partial charge in [0.15, 0.2) is 0 Å². The first kappa shape index (κ1) is 18.1. The van der Waals surface area contributed by atoms with Crippen LogP contribution >= 0.6 is 0 Å². The van der Waals surface area contributed by atoms with Crippen molar-refractivity contribution in [1.82, 2.24) is 0 Å². The molecule has 0 aliphatic heterocycles. The maximum atomic E-state index is 13.6. The molecule has 0 bridgehead atoms. The summed E-state index contributed by atoms with van der Waals surface area (Å²) in [4.78, 5) is 23.3. The molecule has 0 aliphatic rings. The molecule has 0 fully saturated rings. The van der Waals surface area contributed by atoms with Crippen LogP contribution in [0.25, 0.3) is 0 Å². The number of Topliss-reactive ketones (excluding diaryl/α,β-unsaturated/α-hetero) is 1. The molecule has 2 N–H and O–H groups in total. The van der Waals surface area contributed by atoms with Crippen molar-refractivity contribution in [2.24, 2.45) is 5.10 Å². The van der Waals surface area contributed by atoms with Crippen LogP contribution in [0.3, 0.4) is 0 Å². The Balaban J connectivity index is 2.39. The summed E-state index contributed by atoms with van der Waals surface area (Å²) in [6.45, 7) is 0. The number of hydrogen-bond donors (Lipinski definition) is 2. The monoisotopic (exact) mass is 354 g/mol. The van der Waals surface area contributed by atoms with Crippen LogP contribution in [0.5, 0.6) is 0 Å². The Kier molecular flexibility index (Phi) is 5.16. The van der Waals surface area contributed by atoms with E-state index in [1.165, 1.54) is 18.2 Å². The molecule has 2 aromatic carbocycles. The van der Waals surface area contributed by atoms with E-state index in [0.717, 1.165) is 30.3 Å². The number of hydrazone groups is 1. The molecule has 25 heavy (non-hydrogen) atoms. The molecule has 5 nitrogen and oxygen atoms in total. The van der Waals surface area contributed by atoms with Crippen molar-refractivity contribution < 1.29 is 32.3 Å². The molecule has 0 heterocycles. The number of ketones is 1. The maximum Gasteiger partial charge on any atom is 0.418 e. The standard InChI is InChI=1S/C16H10F4N2O3/c17-11-7-3-1-5-9(11)14(23)13(15(24)25)22-21-12-8-4-2-6-10(12)16(18,19)20/h1-8,21H,(H,24,25)/b22-13-. The molecule has 130 valence electrons. The fourth-order valence-corrected chi connectivity index (χ4v) is 1.91. The van der Waals surface area contributed by atoms with Gasteiger partial charge in [-0.05, 0) is 24.3 Å². The molecule has 0 spiro atoms. The Labute approximate surface area is 138 Å². The average Bonchev–Trinajstić information content (AvgIpc) is 2.54. The van der Waals surface area contributed by atoms with Crippen LogP contribution in [-0.4, -0.2) is 22.6 Å². The Bertz CT molecular complexity index is 847. The third kappa shape index (κ3) is 4.19. The van der Waals surface area contributed by atoms with Gasteiger partial charge < -0.3 is 5.11 Å². The van der Waals surface area contributed by atoms with E-state index in [4.69, 9.17) is 5.11 Å². The zero-order valence-corrected chi connectivity index (χ0v) is 12.3. The number of anilines is 1. The van der Waals surface area contributed by atoms with E-state index in [0.29, 0.717) is 0 Å². The molecule has 0 saturated heterocycles. The highest BCUT2D eigenvalue weighted by molar-refractivity contribution is 6.67. The highest BCUT2D eigenvalue weighted by Gasteiger charge is 2.33. The van der Waals surface area contributed by atoms with E-state index in [9.17, 15) is 27.2 Å². The number of carbonyl (C=O) groups is 2. The molecule has 0 unspecified atom stereocenters. The number of rotatable bonds is 5. The van der Waals surface area contributed by atoms with Crippen molar-refractivity contribution in [1.29, 1.82) is 0 Å². The number of carboxylic acid groups (broad SMARTS) is 1. The first-order chi connectivity index (χ1) is 11.7. The second-order valence-electron chi connectivity index (χ2n) is 4.73. The summed E-state index contributed by atoms with van der Waals surface area (Å²) in [5.74, 6) is -4.06. The van der Waals surface area contributed by atoms with Crippen LogP contribution in [0, 0.1) is 5.82 Å². The summed E-state index contributed by atoms with van der Waals surface area (Å²) in [5.41, 5.74) is -1.44. The van der Waals surface area contributed by atoms with Gasteiger partial charge in [-0.2, -0.15) is 18.3 Å². The Morgan fingerprint density at radius 2 is 1.60 bits per heavy atom. The maximum absolute atomic E-state index is 13.6. The fourth-order valence-electron chi connectivity index (χ4n) is 1.91. The normalized spacial score (nSPS) is 11.9. The van der Waals surface area contributed by atoms with Crippen molar-refractivity contribution in [3.63, 3.8) is 0 Å². The quantitative estimate of drug-likeness (QED) is 0.283. The van der Waals surface area contributed by atoms with Crippen LogP contribution in [0.1, 0.15) is 15.9 Å². The topological polar surface area (TPSA) is 78.8 Å². The number of alkyl halides is 3. The second-order valence-corrected chi connectivity index (χ2v) is 4.73. The first-order valence-electron chi connectivity index (χ1n) is 6.74. The van der Waals surface area contributed by atoms with E-state index >= 15 is 0 Å². The third-order valence-electron chi connectivity index (χ3n) is 3.06. The van der Waals surface area contributed by atoms with Gasteiger partial charge in [0.25, 0.3) is 0 Å². The van der Waals surface area contributed by atoms with Crippen molar-refractivity contribution in [2.75, 3.05) is 5.43 Å². The SMILES string of the molecule is O=C(O)/C(=N\Nc1ccccc1C(F)(F)F)C(=O)c1ccccc1F. The summed E-state index contributed by atoms with van der Waals surface area (Å²) >= 11 is 0. The molecule has 0 aromatic heterocycles. The predicted octanol–water partition coefficient (Wildman–Crippen LogP) is 3.58. The Morgan fingerprint density at radius 1 is 1.00 bits per heavy atom. The summed E-state index contributed by atoms with van der Waals surface area (Å²) in [6.07, 6.45) is -4.71. The molecular weight excluding hydrogens is 344 g/mol. The number of hydrogen-bond acceptors (Lipinski definition) is 4. The Morgan fingerprint density at radius 3 is 2.20 bits per heavy atom. The number of aliphatic carboxylic acids is 1. The third-order valence-corrected chi connectivity index (χ3v) is 3.06. The summed E-state index contributed by atoms with van der Waals surface area (Å²) in [6, 6.07) is 8.77. The lowest BCUT2D eigenvalue weighted by molar-refractivity contribution is -0.137. The van der Waals surface area contributed by atoms with Gasteiger partial charge in [-0.3, -0.25) is 10.2 Å². The number of carbonyl (C=O) groups excluding carboxylic acids is 1. The van der Waals surface area contributed by atoms with Crippen molar-refractivity contribution >= 4 is 23.2 Å². The van der Waals surface area contributed by atoms with Gasteiger partial charge in [-0.15, -0.1) is 0 Å². The Hall–Kier alpha value is -3.23. The van der Waals surface area contributed by atoms with Crippen LogP contribution in [0.2, 0.25) is 0 Å². The molecule has 0 aliphatic carbocycles. The highest BCUT2D eigenvalue weighted by Crippen LogP contribution is 2.34. The van der Waals surface area contributed by atoms with E-state index in [2.05, 4.69) is 5.10 Å². The largest absolute Gasteiger partial charge is 0.476 e. The number of nitrogens with one attached hydrogen (secondary N) is 1. The molecular formula is C16H10F4N2O3. The van der Waals surface area contributed by atoms with Gasteiger partial charge in [0.05, 0.1) is 16.8 Å². The van der Waals surface area contributed by atoms with Gasteiger partial charge in [0, 0.05) is 0 Å². The van der Waals surface area contributed by atoms with Gasteiger partial charge in [-0.25, -0.2) is 9.18 Å².